The van der Waals surface area contributed by atoms with Gasteiger partial charge in [0.2, 0.25) is 0 Å². The third kappa shape index (κ3) is 2.94. The zero-order valence-corrected chi connectivity index (χ0v) is 13.5. The Balaban J connectivity index is 1.83. The first-order chi connectivity index (χ1) is 11.5. The smallest absolute Gasteiger partial charge is 0.321 e. The molecule has 126 valence electrons. The summed E-state index contributed by atoms with van der Waals surface area (Å²) in [6, 6.07) is 3.87. The topological polar surface area (TPSA) is 70.5 Å². The third-order valence-electron chi connectivity index (χ3n) is 4.00. The number of nitrogens with one attached hydrogen (secondary N) is 1. The van der Waals surface area contributed by atoms with Gasteiger partial charge in [-0.05, 0) is 18.2 Å². The Morgan fingerprint density at radius 2 is 2.25 bits per heavy atom. The van der Waals surface area contributed by atoms with Gasteiger partial charge in [0, 0.05) is 45.3 Å². The number of anilines is 1. The van der Waals surface area contributed by atoms with Crippen molar-refractivity contribution in [3.63, 3.8) is 0 Å². The average Bonchev–Trinajstić information content (AvgIpc) is 3.16. The fraction of sp³-hybridized carbons (Fsp3) is 0.312. The van der Waals surface area contributed by atoms with Crippen molar-refractivity contribution in [2.24, 2.45) is 7.05 Å². The van der Waals surface area contributed by atoms with Gasteiger partial charge in [-0.2, -0.15) is 0 Å². The van der Waals surface area contributed by atoms with Crippen LogP contribution in [-0.2, 0) is 13.6 Å². The molecule has 2 heterocycles. The van der Waals surface area contributed by atoms with Crippen molar-refractivity contribution in [3.05, 3.63) is 47.8 Å². The van der Waals surface area contributed by atoms with Crippen LogP contribution in [-0.4, -0.2) is 46.5 Å². The van der Waals surface area contributed by atoms with Crippen LogP contribution < -0.4 is 10.2 Å². The van der Waals surface area contributed by atoms with Crippen LogP contribution in [0.3, 0.4) is 0 Å². The fourth-order valence-electron chi connectivity index (χ4n) is 2.60. The largest absolute Gasteiger partial charge is 0.337 e. The number of carbonyl (C=O) groups excluding carboxylic acids is 2. The Hall–Kier alpha value is -2.90. The van der Waals surface area contributed by atoms with Gasteiger partial charge in [-0.25, -0.2) is 14.2 Å². The van der Waals surface area contributed by atoms with Gasteiger partial charge in [0.05, 0.1) is 12.1 Å². The molecule has 1 aliphatic heterocycles. The summed E-state index contributed by atoms with van der Waals surface area (Å²) in [5.74, 6) is -0.381. The molecule has 0 atom stereocenters. The van der Waals surface area contributed by atoms with Crippen molar-refractivity contribution in [2.45, 2.75) is 6.54 Å². The number of hydrogen-bond donors (Lipinski definition) is 1. The Morgan fingerprint density at radius 1 is 1.46 bits per heavy atom. The maximum Gasteiger partial charge on any atom is 0.321 e. The highest BCUT2D eigenvalue weighted by molar-refractivity contribution is 5.98. The maximum absolute atomic E-state index is 14.1. The zero-order valence-electron chi connectivity index (χ0n) is 13.5. The molecular formula is C16H18FN5O2. The van der Waals surface area contributed by atoms with Crippen LogP contribution in [0.2, 0.25) is 0 Å². The number of benzene rings is 1. The van der Waals surface area contributed by atoms with Crippen molar-refractivity contribution in [1.29, 1.82) is 0 Å². The van der Waals surface area contributed by atoms with E-state index in [-0.39, 0.29) is 18.1 Å². The van der Waals surface area contributed by atoms with E-state index in [1.165, 1.54) is 28.0 Å². The van der Waals surface area contributed by atoms with Gasteiger partial charge in [-0.1, -0.05) is 0 Å². The molecule has 1 aromatic heterocycles. The Labute approximate surface area is 138 Å². The molecule has 0 bridgehead atoms. The van der Waals surface area contributed by atoms with Gasteiger partial charge in [0.25, 0.3) is 5.91 Å². The molecule has 1 N–H and O–H groups in total. The normalized spacial score (nSPS) is 14.0. The van der Waals surface area contributed by atoms with Crippen LogP contribution >= 0.6 is 0 Å². The highest BCUT2D eigenvalue weighted by atomic mass is 19.1. The first-order valence-corrected chi connectivity index (χ1v) is 7.54. The molecule has 24 heavy (non-hydrogen) atoms. The maximum atomic E-state index is 14.1. The molecule has 1 saturated heterocycles. The Kier molecular flexibility index (Phi) is 4.20. The molecule has 0 saturated carbocycles. The lowest BCUT2D eigenvalue weighted by Gasteiger charge is -2.19. The molecule has 0 radical (unpaired) electrons. The second-order valence-electron chi connectivity index (χ2n) is 5.66. The van der Waals surface area contributed by atoms with Crippen molar-refractivity contribution in [1.82, 2.24) is 19.8 Å². The SMILES string of the molecule is CN(Cc1nccn1C)C(=O)c1cc(N2CCNC2=O)ccc1F. The van der Waals surface area contributed by atoms with Crippen LogP contribution in [0.25, 0.3) is 0 Å². The molecule has 0 unspecified atom stereocenters. The minimum Gasteiger partial charge on any atom is -0.337 e. The van der Waals surface area contributed by atoms with E-state index >= 15 is 0 Å². The first-order valence-electron chi connectivity index (χ1n) is 7.54. The van der Waals surface area contributed by atoms with Gasteiger partial charge in [-0.15, -0.1) is 0 Å². The summed E-state index contributed by atoms with van der Waals surface area (Å²) >= 11 is 0. The van der Waals surface area contributed by atoms with E-state index in [9.17, 15) is 14.0 Å². The first kappa shape index (κ1) is 16.0. The van der Waals surface area contributed by atoms with Crippen LogP contribution in [0, 0.1) is 5.82 Å². The average molecular weight is 331 g/mol. The van der Waals surface area contributed by atoms with Crippen LogP contribution in [0.15, 0.2) is 30.6 Å². The Bertz CT molecular complexity index is 789. The molecule has 1 aliphatic rings. The summed E-state index contributed by atoms with van der Waals surface area (Å²) < 4.78 is 15.9. The monoisotopic (exact) mass is 331 g/mol. The van der Waals surface area contributed by atoms with Gasteiger partial charge in [0.15, 0.2) is 0 Å². The molecule has 0 aliphatic carbocycles. The summed E-state index contributed by atoms with van der Waals surface area (Å²) in [6.07, 6.45) is 3.42. The van der Waals surface area contributed by atoms with E-state index < -0.39 is 11.7 Å². The van der Waals surface area contributed by atoms with Crippen LogP contribution in [0.4, 0.5) is 14.9 Å². The van der Waals surface area contributed by atoms with Crippen molar-refractivity contribution < 1.29 is 14.0 Å². The minimum absolute atomic E-state index is 0.0658. The lowest BCUT2D eigenvalue weighted by molar-refractivity contribution is 0.0776. The lowest BCUT2D eigenvalue weighted by atomic mass is 10.1. The van der Waals surface area contributed by atoms with E-state index in [0.29, 0.717) is 24.6 Å². The minimum atomic E-state index is -0.616. The number of urea groups is 1. The molecule has 3 rings (SSSR count). The summed E-state index contributed by atoms with van der Waals surface area (Å²) in [5.41, 5.74) is 0.434. The number of nitrogens with zero attached hydrogens (tertiary/aromatic N) is 4. The fourth-order valence-corrected chi connectivity index (χ4v) is 2.60. The van der Waals surface area contributed by atoms with Gasteiger partial charge < -0.3 is 14.8 Å². The van der Waals surface area contributed by atoms with Gasteiger partial charge in [-0.3, -0.25) is 9.69 Å². The molecule has 7 nitrogen and oxygen atoms in total. The molecule has 2 aromatic rings. The highest BCUT2D eigenvalue weighted by Gasteiger charge is 2.24. The molecule has 1 aromatic carbocycles. The van der Waals surface area contributed by atoms with E-state index in [2.05, 4.69) is 10.3 Å². The number of amides is 3. The number of rotatable bonds is 4. The number of imidazole rings is 1. The molecular weight excluding hydrogens is 313 g/mol. The Morgan fingerprint density at radius 3 is 2.88 bits per heavy atom. The van der Waals surface area contributed by atoms with Gasteiger partial charge >= 0.3 is 6.03 Å². The van der Waals surface area contributed by atoms with E-state index in [1.807, 2.05) is 7.05 Å². The van der Waals surface area contributed by atoms with E-state index in [4.69, 9.17) is 0 Å². The number of hydrogen-bond acceptors (Lipinski definition) is 3. The van der Waals surface area contributed by atoms with Crippen molar-refractivity contribution in [3.8, 4) is 0 Å². The van der Waals surface area contributed by atoms with Gasteiger partial charge in [0.1, 0.15) is 11.6 Å². The predicted molar refractivity (Wildman–Crippen MR) is 86.2 cm³/mol. The molecule has 1 fully saturated rings. The predicted octanol–water partition coefficient (Wildman–Crippen LogP) is 1.36. The van der Waals surface area contributed by atoms with Crippen molar-refractivity contribution in [2.75, 3.05) is 25.0 Å². The van der Waals surface area contributed by atoms with E-state index in [1.54, 1.807) is 24.0 Å². The standard InChI is InChI=1S/C16H18FN5O2/c1-20-7-5-18-14(20)10-21(2)15(23)12-9-11(3-4-13(12)17)22-8-6-19-16(22)24/h3-5,7,9H,6,8,10H2,1-2H3,(H,19,24). The molecule has 0 spiro atoms. The summed E-state index contributed by atoms with van der Waals surface area (Å²) in [4.78, 5) is 31.4. The van der Waals surface area contributed by atoms with Crippen molar-refractivity contribution >= 4 is 17.6 Å². The lowest BCUT2D eigenvalue weighted by Crippen LogP contribution is -2.30. The number of aryl methyl sites for hydroxylation is 1. The summed E-state index contributed by atoms with van der Waals surface area (Å²) in [6.45, 7) is 1.27. The second-order valence-corrected chi connectivity index (χ2v) is 5.66. The number of carbonyl (C=O) groups is 2. The number of halogens is 1. The van der Waals surface area contributed by atoms with E-state index in [0.717, 1.165) is 0 Å². The summed E-state index contributed by atoms with van der Waals surface area (Å²) in [7, 11) is 3.42. The quantitative estimate of drug-likeness (QED) is 0.920. The number of aromatic nitrogens is 2. The second kappa shape index (κ2) is 6.31. The zero-order chi connectivity index (χ0) is 17.3. The van der Waals surface area contributed by atoms with Crippen LogP contribution in [0.5, 0.6) is 0 Å². The third-order valence-corrected chi connectivity index (χ3v) is 4.00. The molecule has 8 heteroatoms. The summed E-state index contributed by atoms with van der Waals surface area (Å²) in [5, 5.41) is 2.68. The highest BCUT2D eigenvalue weighted by Crippen LogP contribution is 2.22. The molecule has 3 amide bonds. The van der Waals surface area contributed by atoms with Crippen LogP contribution in [0.1, 0.15) is 16.2 Å².